The Kier molecular flexibility index (Phi) is 6.59. The van der Waals surface area contributed by atoms with E-state index < -0.39 is 0 Å². The third kappa shape index (κ3) is 5.28. The Labute approximate surface area is 91.9 Å². The van der Waals surface area contributed by atoms with Crippen LogP contribution < -0.4 is 5.32 Å². The van der Waals surface area contributed by atoms with Crippen molar-refractivity contribution in [1.82, 2.24) is 10.2 Å². The van der Waals surface area contributed by atoms with Crippen LogP contribution in [0.4, 0.5) is 0 Å². The molecule has 0 aromatic rings. The molecule has 0 bridgehead atoms. The van der Waals surface area contributed by atoms with E-state index in [4.69, 9.17) is 9.84 Å². The van der Waals surface area contributed by atoms with Gasteiger partial charge in [0.05, 0.1) is 19.8 Å². The summed E-state index contributed by atoms with van der Waals surface area (Å²) in [5.41, 5.74) is 0. The van der Waals surface area contributed by atoms with Crippen molar-refractivity contribution in [2.45, 2.75) is 12.5 Å². The Morgan fingerprint density at radius 2 is 2.40 bits per heavy atom. The summed E-state index contributed by atoms with van der Waals surface area (Å²) >= 11 is 0. The largest absolute Gasteiger partial charge is 0.395 e. The SMILES string of the molecule is C=CCN(CCO)CCC1COCCN1. The first kappa shape index (κ1) is 12.6. The number of nitrogens with zero attached hydrogens (tertiary/aromatic N) is 1. The topological polar surface area (TPSA) is 44.7 Å². The zero-order valence-electron chi connectivity index (χ0n) is 9.32. The van der Waals surface area contributed by atoms with E-state index in [0.717, 1.165) is 45.8 Å². The Balaban J connectivity index is 2.16. The van der Waals surface area contributed by atoms with E-state index in [2.05, 4.69) is 16.8 Å². The van der Waals surface area contributed by atoms with Crippen molar-refractivity contribution in [1.29, 1.82) is 0 Å². The second-order valence-electron chi connectivity index (χ2n) is 3.83. The summed E-state index contributed by atoms with van der Waals surface area (Å²) in [7, 11) is 0. The Morgan fingerprint density at radius 3 is 3.00 bits per heavy atom. The molecule has 2 N–H and O–H groups in total. The molecule has 1 saturated heterocycles. The minimum Gasteiger partial charge on any atom is -0.395 e. The maximum Gasteiger partial charge on any atom is 0.0620 e. The molecule has 0 aromatic heterocycles. The fraction of sp³-hybridized carbons (Fsp3) is 0.818. The first-order valence-electron chi connectivity index (χ1n) is 5.62. The standard InChI is InChI=1S/C11H22N2O2/c1-2-5-13(7-8-14)6-3-11-10-15-9-4-12-11/h2,11-12,14H,1,3-10H2. The van der Waals surface area contributed by atoms with Gasteiger partial charge in [-0.05, 0) is 6.42 Å². The van der Waals surface area contributed by atoms with E-state index in [1.807, 2.05) is 6.08 Å². The quantitative estimate of drug-likeness (QED) is 0.578. The number of aliphatic hydroxyl groups excluding tert-OH is 1. The van der Waals surface area contributed by atoms with Crippen molar-refractivity contribution >= 4 is 0 Å². The zero-order valence-corrected chi connectivity index (χ0v) is 9.32. The van der Waals surface area contributed by atoms with Crippen molar-refractivity contribution in [3.8, 4) is 0 Å². The van der Waals surface area contributed by atoms with Gasteiger partial charge < -0.3 is 15.2 Å². The second-order valence-corrected chi connectivity index (χ2v) is 3.83. The highest BCUT2D eigenvalue weighted by molar-refractivity contribution is 4.76. The molecular formula is C11H22N2O2. The molecule has 1 heterocycles. The Hall–Kier alpha value is -0.420. The molecule has 1 fully saturated rings. The van der Waals surface area contributed by atoms with Crippen LogP contribution >= 0.6 is 0 Å². The molecule has 4 nitrogen and oxygen atoms in total. The number of hydrogen-bond donors (Lipinski definition) is 2. The molecule has 1 rings (SSSR count). The highest BCUT2D eigenvalue weighted by atomic mass is 16.5. The maximum atomic E-state index is 8.88. The molecule has 88 valence electrons. The summed E-state index contributed by atoms with van der Waals surface area (Å²) in [5, 5.41) is 12.3. The molecule has 1 aliphatic heterocycles. The van der Waals surface area contributed by atoms with E-state index >= 15 is 0 Å². The molecule has 0 aliphatic carbocycles. The maximum absolute atomic E-state index is 8.88. The van der Waals surface area contributed by atoms with Crippen LogP contribution in [0.3, 0.4) is 0 Å². The number of morpholine rings is 1. The number of ether oxygens (including phenoxy) is 1. The van der Waals surface area contributed by atoms with Crippen molar-refractivity contribution < 1.29 is 9.84 Å². The summed E-state index contributed by atoms with van der Waals surface area (Å²) in [6.45, 7) is 9.05. The van der Waals surface area contributed by atoms with Crippen LogP contribution in [0, 0.1) is 0 Å². The van der Waals surface area contributed by atoms with Gasteiger partial charge >= 0.3 is 0 Å². The van der Waals surface area contributed by atoms with E-state index in [-0.39, 0.29) is 6.61 Å². The van der Waals surface area contributed by atoms with Crippen molar-refractivity contribution in [3.63, 3.8) is 0 Å². The monoisotopic (exact) mass is 214 g/mol. The molecule has 0 aromatic carbocycles. The van der Waals surface area contributed by atoms with Crippen molar-refractivity contribution in [2.24, 2.45) is 0 Å². The van der Waals surface area contributed by atoms with Crippen LogP contribution in [0.15, 0.2) is 12.7 Å². The van der Waals surface area contributed by atoms with Gasteiger partial charge in [0.2, 0.25) is 0 Å². The van der Waals surface area contributed by atoms with Gasteiger partial charge in [-0.1, -0.05) is 6.08 Å². The van der Waals surface area contributed by atoms with Crippen molar-refractivity contribution in [2.75, 3.05) is 46.0 Å². The molecular weight excluding hydrogens is 192 g/mol. The first-order valence-corrected chi connectivity index (χ1v) is 5.62. The molecule has 0 saturated carbocycles. The highest BCUT2D eigenvalue weighted by Gasteiger charge is 2.13. The average Bonchev–Trinajstić information content (AvgIpc) is 2.28. The third-order valence-electron chi connectivity index (χ3n) is 2.60. The number of rotatable bonds is 7. The summed E-state index contributed by atoms with van der Waals surface area (Å²) in [5.74, 6) is 0. The Bertz CT molecular complexity index is 170. The van der Waals surface area contributed by atoms with Gasteiger partial charge in [-0.3, -0.25) is 4.90 Å². The Morgan fingerprint density at radius 1 is 1.53 bits per heavy atom. The minimum atomic E-state index is 0.211. The van der Waals surface area contributed by atoms with Crippen LogP contribution in [-0.2, 0) is 4.74 Å². The number of nitrogens with one attached hydrogen (secondary N) is 1. The first-order chi connectivity index (χ1) is 7.36. The van der Waals surface area contributed by atoms with Gasteiger partial charge in [0, 0.05) is 32.2 Å². The molecule has 0 radical (unpaired) electrons. The summed E-state index contributed by atoms with van der Waals surface area (Å²) in [6, 6.07) is 0.463. The lowest BCUT2D eigenvalue weighted by Crippen LogP contribution is -2.43. The molecule has 1 unspecified atom stereocenters. The van der Waals surface area contributed by atoms with E-state index in [0.29, 0.717) is 6.04 Å². The van der Waals surface area contributed by atoms with E-state index in [9.17, 15) is 0 Å². The molecule has 1 atom stereocenters. The number of hydrogen-bond acceptors (Lipinski definition) is 4. The zero-order chi connectivity index (χ0) is 10.9. The highest BCUT2D eigenvalue weighted by Crippen LogP contribution is 2.00. The lowest BCUT2D eigenvalue weighted by atomic mass is 10.2. The fourth-order valence-corrected chi connectivity index (χ4v) is 1.76. The second kappa shape index (κ2) is 7.82. The molecule has 0 spiro atoms. The fourth-order valence-electron chi connectivity index (χ4n) is 1.76. The molecule has 4 heteroatoms. The summed E-state index contributed by atoms with van der Waals surface area (Å²) in [4.78, 5) is 2.20. The molecule has 0 amide bonds. The lowest BCUT2D eigenvalue weighted by Gasteiger charge is -2.27. The van der Waals surface area contributed by atoms with Crippen LogP contribution in [0.2, 0.25) is 0 Å². The van der Waals surface area contributed by atoms with Crippen LogP contribution in [0.5, 0.6) is 0 Å². The normalized spacial score (nSPS) is 21.9. The van der Waals surface area contributed by atoms with E-state index in [1.165, 1.54) is 0 Å². The van der Waals surface area contributed by atoms with Crippen LogP contribution in [0.1, 0.15) is 6.42 Å². The predicted molar refractivity (Wildman–Crippen MR) is 60.9 cm³/mol. The summed E-state index contributed by atoms with van der Waals surface area (Å²) in [6.07, 6.45) is 2.94. The smallest absolute Gasteiger partial charge is 0.0620 e. The van der Waals surface area contributed by atoms with Gasteiger partial charge in [0.15, 0.2) is 0 Å². The van der Waals surface area contributed by atoms with Gasteiger partial charge in [-0.15, -0.1) is 6.58 Å². The van der Waals surface area contributed by atoms with Crippen molar-refractivity contribution in [3.05, 3.63) is 12.7 Å². The van der Waals surface area contributed by atoms with Crippen LogP contribution in [0.25, 0.3) is 0 Å². The van der Waals surface area contributed by atoms with E-state index in [1.54, 1.807) is 0 Å². The molecule has 1 aliphatic rings. The third-order valence-corrected chi connectivity index (χ3v) is 2.60. The molecule has 15 heavy (non-hydrogen) atoms. The summed E-state index contributed by atoms with van der Waals surface area (Å²) < 4.78 is 5.38. The van der Waals surface area contributed by atoms with Gasteiger partial charge in [-0.25, -0.2) is 0 Å². The number of aliphatic hydroxyl groups is 1. The van der Waals surface area contributed by atoms with Gasteiger partial charge in [0.1, 0.15) is 0 Å². The average molecular weight is 214 g/mol. The van der Waals surface area contributed by atoms with Crippen LogP contribution in [-0.4, -0.2) is 62.0 Å². The van der Waals surface area contributed by atoms with Gasteiger partial charge in [-0.2, -0.15) is 0 Å². The van der Waals surface area contributed by atoms with Gasteiger partial charge in [0.25, 0.3) is 0 Å². The lowest BCUT2D eigenvalue weighted by molar-refractivity contribution is 0.0696. The minimum absolute atomic E-state index is 0.211. The predicted octanol–water partition coefficient (Wildman–Crippen LogP) is -0.155.